The SMILES string of the molecule is COC1(OC)C=CC(C=O)=C(N=O)C1. The van der Waals surface area contributed by atoms with Crippen molar-refractivity contribution in [2.24, 2.45) is 5.18 Å². The number of hydrogen-bond acceptors (Lipinski definition) is 5. The summed E-state index contributed by atoms with van der Waals surface area (Å²) in [4.78, 5) is 21.0. The van der Waals surface area contributed by atoms with E-state index in [0.717, 1.165) is 0 Å². The van der Waals surface area contributed by atoms with Crippen LogP contribution in [0.15, 0.2) is 28.6 Å². The predicted octanol–water partition coefficient (Wildman–Crippen LogP) is 1.15. The highest BCUT2D eigenvalue weighted by molar-refractivity contribution is 5.79. The second-order valence-electron chi connectivity index (χ2n) is 2.84. The smallest absolute Gasteiger partial charge is 0.193 e. The first-order chi connectivity index (χ1) is 6.71. The lowest BCUT2D eigenvalue weighted by Gasteiger charge is -2.29. The third-order valence-electron chi connectivity index (χ3n) is 2.19. The van der Waals surface area contributed by atoms with Gasteiger partial charge < -0.3 is 9.47 Å². The number of rotatable bonds is 4. The van der Waals surface area contributed by atoms with Gasteiger partial charge in [0.15, 0.2) is 12.1 Å². The van der Waals surface area contributed by atoms with E-state index in [1.165, 1.54) is 20.3 Å². The molecule has 0 aromatic rings. The van der Waals surface area contributed by atoms with Gasteiger partial charge in [-0.15, -0.1) is 4.91 Å². The van der Waals surface area contributed by atoms with Crippen LogP contribution < -0.4 is 0 Å². The highest BCUT2D eigenvalue weighted by Crippen LogP contribution is 2.30. The Labute approximate surface area is 81.4 Å². The van der Waals surface area contributed by atoms with Crippen LogP contribution in [0, 0.1) is 4.91 Å². The zero-order chi connectivity index (χ0) is 10.6. The summed E-state index contributed by atoms with van der Waals surface area (Å²) < 4.78 is 10.2. The molecule has 1 aliphatic carbocycles. The Morgan fingerprint density at radius 1 is 1.50 bits per heavy atom. The number of ether oxygens (including phenoxy) is 2. The lowest BCUT2D eigenvalue weighted by Crippen LogP contribution is -2.33. The number of aldehydes is 1. The van der Waals surface area contributed by atoms with Crippen molar-refractivity contribution in [1.82, 2.24) is 0 Å². The second kappa shape index (κ2) is 4.26. The number of methoxy groups -OCH3 is 2. The summed E-state index contributed by atoms with van der Waals surface area (Å²) in [5.41, 5.74) is 0.413. The summed E-state index contributed by atoms with van der Waals surface area (Å²) in [6, 6.07) is 0. The standard InChI is InChI=1S/C9H11NO4/c1-13-9(14-2)4-3-7(6-11)8(5-9)10-12/h3-4,6H,5H2,1-2H3. The van der Waals surface area contributed by atoms with Crippen LogP contribution in [0.1, 0.15) is 6.42 Å². The second-order valence-corrected chi connectivity index (χ2v) is 2.84. The Hall–Kier alpha value is -1.33. The molecule has 1 aliphatic rings. The van der Waals surface area contributed by atoms with Crippen LogP contribution in [0.3, 0.4) is 0 Å². The van der Waals surface area contributed by atoms with Gasteiger partial charge in [0.2, 0.25) is 0 Å². The van der Waals surface area contributed by atoms with E-state index in [-0.39, 0.29) is 17.7 Å². The van der Waals surface area contributed by atoms with Crippen LogP contribution in [0.2, 0.25) is 0 Å². The molecule has 0 radical (unpaired) electrons. The molecule has 0 saturated carbocycles. The number of allylic oxidation sites excluding steroid dienone is 2. The summed E-state index contributed by atoms with van der Waals surface area (Å²) >= 11 is 0. The molecule has 0 unspecified atom stereocenters. The van der Waals surface area contributed by atoms with Crippen molar-refractivity contribution >= 4 is 6.29 Å². The maximum atomic E-state index is 10.5. The first-order valence-corrected chi connectivity index (χ1v) is 4.02. The quantitative estimate of drug-likeness (QED) is 0.385. The summed E-state index contributed by atoms with van der Waals surface area (Å²) in [6.45, 7) is 0. The van der Waals surface area contributed by atoms with E-state index in [9.17, 15) is 9.70 Å². The third kappa shape index (κ3) is 1.78. The first kappa shape index (κ1) is 10.7. The van der Waals surface area contributed by atoms with Crippen LogP contribution in [0.25, 0.3) is 0 Å². The van der Waals surface area contributed by atoms with Crippen molar-refractivity contribution in [3.8, 4) is 0 Å². The Bertz CT molecular complexity index is 302. The predicted molar refractivity (Wildman–Crippen MR) is 49.4 cm³/mol. The number of nitrogens with zero attached hydrogens (tertiary/aromatic N) is 1. The third-order valence-corrected chi connectivity index (χ3v) is 2.19. The molecular formula is C9H11NO4. The maximum absolute atomic E-state index is 10.5. The minimum absolute atomic E-state index is 0.145. The molecule has 5 nitrogen and oxygen atoms in total. The van der Waals surface area contributed by atoms with Crippen LogP contribution in [-0.2, 0) is 14.3 Å². The number of hydrogen-bond donors (Lipinski definition) is 0. The molecule has 0 saturated heterocycles. The first-order valence-electron chi connectivity index (χ1n) is 4.02. The molecule has 0 N–H and O–H groups in total. The van der Waals surface area contributed by atoms with E-state index >= 15 is 0 Å². The number of carbonyl (C=O) groups excluding carboxylic acids is 1. The van der Waals surface area contributed by atoms with Crippen molar-refractivity contribution in [3.05, 3.63) is 28.3 Å². The molecule has 5 heteroatoms. The number of carbonyl (C=O) groups is 1. The van der Waals surface area contributed by atoms with E-state index in [0.29, 0.717) is 6.29 Å². The van der Waals surface area contributed by atoms with Gasteiger partial charge in [0.25, 0.3) is 0 Å². The van der Waals surface area contributed by atoms with Crippen LogP contribution in [0.5, 0.6) is 0 Å². The maximum Gasteiger partial charge on any atom is 0.193 e. The van der Waals surface area contributed by atoms with Gasteiger partial charge in [0, 0.05) is 19.8 Å². The Kier molecular flexibility index (Phi) is 3.27. The van der Waals surface area contributed by atoms with E-state index in [2.05, 4.69) is 5.18 Å². The molecule has 0 aliphatic heterocycles. The zero-order valence-electron chi connectivity index (χ0n) is 8.02. The topological polar surface area (TPSA) is 65.0 Å². The largest absolute Gasteiger partial charge is 0.349 e. The van der Waals surface area contributed by atoms with Crippen molar-refractivity contribution < 1.29 is 14.3 Å². The molecule has 0 bridgehead atoms. The lowest BCUT2D eigenvalue weighted by atomic mass is 9.99. The normalized spacial score (nSPS) is 19.6. The fourth-order valence-electron chi connectivity index (χ4n) is 1.26. The van der Waals surface area contributed by atoms with E-state index in [4.69, 9.17) is 9.47 Å². The van der Waals surface area contributed by atoms with Crippen molar-refractivity contribution in [2.45, 2.75) is 12.2 Å². The van der Waals surface area contributed by atoms with Gasteiger partial charge in [-0.3, -0.25) is 4.79 Å². The molecule has 14 heavy (non-hydrogen) atoms. The Morgan fingerprint density at radius 2 is 2.14 bits per heavy atom. The minimum atomic E-state index is -0.976. The summed E-state index contributed by atoms with van der Waals surface area (Å²) in [5.74, 6) is -0.976. The fourth-order valence-corrected chi connectivity index (χ4v) is 1.26. The Morgan fingerprint density at radius 3 is 2.57 bits per heavy atom. The minimum Gasteiger partial charge on any atom is -0.349 e. The van der Waals surface area contributed by atoms with Gasteiger partial charge >= 0.3 is 0 Å². The molecule has 0 heterocycles. The monoisotopic (exact) mass is 197 g/mol. The molecule has 0 spiro atoms. The molecule has 0 atom stereocenters. The van der Waals surface area contributed by atoms with E-state index in [1.54, 1.807) is 6.08 Å². The molecule has 0 aromatic carbocycles. The lowest BCUT2D eigenvalue weighted by molar-refractivity contribution is -0.169. The molecule has 76 valence electrons. The zero-order valence-corrected chi connectivity index (χ0v) is 8.02. The average Bonchev–Trinajstić information content (AvgIpc) is 2.28. The van der Waals surface area contributed by atoms with Crippen LogP contribution in [-0.4, -0.2) is 26.3 Å². The summed E-state index contributed by atoms with van der Waals surface area (Å²) in [6.07, 6.45) is 3.79. The highest BCUT2D eigenvalue weighted by atomic mass is 16.7. The van der Waals surface area contributed by atoms with E-state index < -0.39 is 5.79 Å². The molecule has 1 rings (SSSR count). The molecular weight excluding hydrogens is 186 g/mol. The van der Waals surface area contributed by atoms with Crippen molar-refractivity contribution in [2.75, 3.05) is 14.2 Å². The fraction of sp³-hybridized carbons (Fsp3) is 0.444. The van der Waals surface area contributed by atoms with Crippen LogP contribution in [0.4, 0.5) is 0 Å². The summed E-state index contributed by atoms with van der Waals surface area (Å²) in [5, 5.41) is 2.78. The molecule has 0 amide bonds. The molecule has 0 aromatic heterocycles. The van der Waals surface area contributed by atoms with Gasteiger partial charge in [0.1, 0.15) is 5.70 Å². The Balaban J connectivity index is 3.01. The molecule has 0 fully saturated rings. The van der Waals surface area contributed by atoms with Crippen molar-refractivity contribution in [1.29, 1.82) is 0 Å². The summed E-state index contributed by atoms with van der Waals surface area (Å²) in [7, 11) is 2.92. The highest BCUT2D eigenvalue weighted by Gasteiger charge is 2.32. The van der Waals surface area contributed by atoms with E-state index in [1.807, 2.05) is 0 Å². The van der Waals surface area contributed by atoms with Crippen molar-refractivity contribution in [3.63, 3.8) is 0 Å². The van der Waals surface area contributed by atoms with Gasteiger partial charge in [-0.1, -0.05) is 0 Å². The van der Waals surface area contributed by atoms with Gasteiger partial charge in [0.05, 0.1) is 6.42 Å². The van der Waals surface area contributed by atoms with Gasteiger partial charge in [-0.25, -0.2) is 0 Å². The number of nitroso groups, excluding NO2 is 1. The average molecular weight is 197 g/mol. The van der Waals surface area contributed by atoms with Gasteiger partial charge in [-0.2, -0.15) is 0 Å². The van der Waals surface area contributed by atoms with Crippen LogP contribution >= 0.6 is 0 Å². The van der Waals surface area contributed by atoms with Gasteiger partial charge in [-0.05, 0) is 17.3 Å².